The highest BCUT2D eigenvalue weighted by Gasteiger charge is 2.28. The van der Waals surface area contributed by atoms with E-state index in [2.05, 4.69) is 32.2 Å². The number of fused-ring (bicyclic) bond motifs is 1. The van der Waals surface area contributed by atoms with Gasteiger partial charge in [0.25, 0.3) is 5.91 Å². The van der Waals surface area contributed by atoms with Gasteiger partial charge in [0.05, 0.1) is 11.4 Å². The zero-order chi connectivity index (χ0) is 20.5. The highest BCUT2D eigenvalue weighted by atomic mass is 16.2. The van der Waals surface area contributed by atoms with Gasteiger partial charge < -0.3 is 14.6 Å². The molecule has 0 unspecified atom stereocenters. The maximum Gasteiger partial charge on any atom is 0.291 e. The number of rotatable bonds is 5. The van der Waals surface area contributed by atoms with E-state index in [-0.39, 0.29) is 17.8 Å². The second-order valence-electron chi connectivity index (χ2n) is 7.32. The molecule has 3 aromatic heterocycles. The van der Waals surface area contributed by atoms with Crippen LogP contribution in [0.5, 0.6) is 0 Å². The van der Waals surface area contributed by atoms with Crippen LogP contribution in [0.3, 0.4) is 0 Å². The molecule has 1 amide bonds. The van der Waals surface area contributed by atoms with E-state index < -0.39 is 0 Å². The molecule has 152 valence electrons. The Morgan fingerprint density at radius 2 is 2.10 bits per heavy atom. The number of nitrogens with zero attached hydrogens (tertiary/aromatic N) is 7. The third-order valence-electron chi connectivity index (χ3n) is 5.31. The molecule has 5 rings (SSSR count). The summed E-state index contributed by atoms with van der Waals surface area (Å²) in [5, 5.41) is 7.37. The van der Waals surface area contributed by atoms with Crippen LogP contribution in [-0.2, 0) is 6.42 Å². The molecule has 0 radical (unpaired) electrons. The molecular formula is C21H22N8O. The third kappa shape index (κ3) is 3.38. The standard InChI is InChI=1S/C21H22N8O/c1-2-15-12-28-11-9-22-19(28)20(24-15)27-10-8-16(13-27)25-21(30)18-23-14-29(26-18)17-6-4-3-5-7-17/h3-7,9,11-12,14,16H,2,8,10,13H2,1H3,(H,25,30)/t16-/m0/s1. The van der Waals surface area contributed by atoms with Crippen molar-refractivity contribution in [1.29, 1.82) is 0 Å². The molecular weight excluding hydrogens is 380 g/mol. The number of benzene rings is 1. The fraction of sp³-hybridized carbons (Fsp3) is 0.286. The zero-order valence-corrected chi connectivity index (χ0v) is 16.6. The van der Waals surface area contributed by atoms with E-state index in [1.807, 2.05) is 47.1 Å². The Morgan fingerprint density at radius 1 is 1.23 bits per heavy atom. The number of anilines is 1. The van der Waals surface area contributed by atoms with Gasteiger partial charge in [-0.15, -0.1) is 5.10 Å². The number of carbonyl (C=O) groups excluding carboxylic acids is 1. The lowest BCUT2D eigenvalue weighted by Gasteiger charge is -2.19. The predicted octanol–water partition coefficient (Wildman–Crippen LogP) is 1.88. The SMILES string of the molecule is CCc1cn2ccnc2c(N2CC[C@H](NC(=O)c3ncn(-c4ccccc4)n3)C2)n1. The van der Waals surface area contributed by atoms with Crippen LogP contribution < -0.4 is 10.2 Å². The first-order valence-electron chi connectivity index (χ1n) is 10.1. The summed E-state index contributed by atoms with van der Waals surface area (Å²) >= 11 is 0. The fourth-order valence-electron chi connectivity index (χ4n) is 3.74. The van der Waals surface area contributed by atoms with E-state index in [1.165, 1.54) is 0 Å². The average molecular weight is 402 g/mol. The molecule has 9 nitrogen and oxygen atoms in total. The molecule has 9 heteroatoms. The first-order valence-corrected chi connectivity index (χ1v) is 10.1. The lowest BCUT2D eigenvalue weighted by Crippen LogP contribution is -2.38. The van der Waals surface area contributed by atoms with E-state index in [1.54, 1.807) is 17.2 Å². The minimum absolute atomic E-state index is 0.00303. The highest BCUT2D eigenvalue weighted by Crippen LogP contribution is 2.23. The van der Waals surface area contributed by atoms with Crippen molar-refractivity contribution >= 4 is 17.4 Å². The van der Waals surface area contributed by atoms with Gasteiger partial charge in [-0.25, -0.2) is 19.6 Å². The first-order chi connectivity index (χ1) is 14.7. The second kappa shape index (κ2) is 7.58. The van der Waals surface area contributed by atoms with Crippen LogP contribution in [0.1, 0.15) is 29.7 Å². The van der Waals surface area contributed by atoms with Crippen molar-refractivity contribution in [2.24, 2.45) is 0 Å². The Balaban J connectivity index is 1.29. The lowest BCUT2D eigenvalue weighted by atomic mass is 10.2. The third-order valence-corrected chi connectivity index (χ3v) is 5.31. The van der Waals surface area contributed by atoms with Crippen molar-refractivity contribution < 1.29 is 4.79 Å². The summed E-state index contributed by atoms with van der Waals surface area (Å²) in [6, 6.07) is 9.60. The summed E-state index contributed by atoms with van der Waals surface area (Å²) in [6.07, 6.45) is 8.96. The van der Waals surface area contributed by atoms with Crippen molar-refractivity contribution in [2.75, 3.05) is 18.0 Å². The van der Waals surface area contributed by atoms with Crippen molar-refractivity contribution in [3.05, 3.63) is 66.8 Å². The van der Waals surface area contributed by atoms with Crippen LogP contribution in [0.25, 0.3) is 11.3 Å². The summed E-state index contributed by atoms with van der Waals surface area (Å²) < 4.78 is 3.61. The molecule has 1 aliphatic rings. The largest absolute Gasteiger partial charge is 0.351 e. The van der Waals surface area contributed by atoms with Gasteiger partial charge in [0.1, 0.15) is 6.33 Å². The van der Waals surface area contributed by atoms with Crippen LogP contribution in [-0.4, -0.2) is 54.2 Å². The Kier molecular flexibility index (Phi) is 4.62. The number of amides is 1. The molecule has 1 aliphatic heterocycles. The molecule has 1 N–H and O–H groups in total. The van der Waals surface area contributed by atoms with Gasteiger partial charge in [0.2, 0.25) is 5.82 Å². The van der Waals surface area contributed by atoms with Gasteiger partial charge in [-0.3, -0.25) is 4.79 Å². The number of carbonyl (C=O) groups is 1. The average Bonchev–Trinajstić information content (AvgIpc) is 3.53. The van der Waals surface area contributed by atoms with Crippen molar-refractivity contribution in [1.82, 2.24) is 34.4 Å². The number of aromatic nitrogens is 6. The number of hydrogen-bond acceptors (Lipinski definition) is 6. The van der Waals surface area contributed by atoms with Gasteiger partial charge >= 0.3 is 0 Å². The maximum atomic E-state index is 12.7. The van der Waals surface area contributed by atoms with Crippen molar-refractivity contribution in [3.8, 4) is 5.69 Å². The first kappa shape index (κ1) is 18.3. The highest BCUT2D eigenvalue weighted by molar-refractivity contribution is 5.90. The molecule has 4 aromatic rings. The summed E-state index contributed by atoms with van der Waals surface area (Å²) in [7, 11) is 0. The second-order valence-corrected chi connectivity index (χ2v) is 7.32. The Labute approximate surface area is 173 Å². The number of imidazole rings is 1. The minimum Gasteiger partial charge on any atom is -0.351 e. The van der Waals surface area contributed by atoms with E-state index in [0.717, 1.165) is 42.2 Å². The Morgan fingerprint density at radius 3 is 2.93 bits per heavy atom. The quantitative estimate of drug-likeness (QED) is 0.548. The van der Waals surface area contributed by atoms with E-state index in [9.17, 15) is 4.79 Å². The molecule has 0 aliphatic carbocycles. The molecule has 1 fully saturated rings. The minimum atomic E-state index is -0.266. The van der Waals surface area contributed by atoms with Crippen LogP contribution in [0.4, 0.5) is 5.82 Å². The predicted molar refractivity (Wildman–Crippen MR) is 112 cm³/mol. The normalized spacial score (nSPS) is 16.3. The summed E-state index contributed by atoms with van der Waals surface area (Å²) in [4.78, 5) is 28.2. The molecule has 4 heterocycles. The smallest absolute Gasteiger partial charge is 0.291 e. The summed E-state index contributed by atoms with van der Waals surface area (Å²) in [5.41, 5.74) is 2.71. The molecule has 1 atom stereocenters. The van der Waals surface area contributed by atoms with E-state index in [0.29, 0.717) is 6.54 Å². The molecule has 0 spiro atoms. The van der Waals surface area contributed by atoms with Crippen LogP contribution >= 0.6 is 0 Å². The van der Waals surface area contributed by atoms with Gasteiger partial charge in [0.15, 0.2) is 11.5 Å². The van der Waals surface area contributed by atoms with Crippen molar-refractivity contribution in [2.45, 2.75) is 25.8 Å². The molecule has 1 saturated heterocycles. The van der Waals surface area contributed by atoms with Crippen LogP contribution in [0.15, 0.2) is 55.2 Å². The van der Waals surface area contributed by atoms with Gasteiger partial charge in [-0.05, 0) is 25.0 Å². The molecule has 0 saturated carbocycles. The lowest BCUT2D eigenvalue weighted by molar-refractivity contribution is 0.0930. The number of nitrogens with one attached hydrogen (secondary N) is 1. The number of para-hydroxylation sites is 1. The van der Waals surface area contributed by atoms with Gasteiger partial charge in [0, 0.05) is 37.7 Å². The van der Waals surface area contributed by atoms with Crippen LogP contribution in [0.2, 0.25) is 0 Å². The van der Waals surface area contributed by atoms with Crippen LogP contribution in [0, 0.1) is 0 Å². The van der Waals surface area contributed by atoms with Gasteiger partial charge in [-0.2, -0.15) is 0 Å². The summed E-state index contributed by atoms with van der Waals surface area (Å²) in [5.74, 6) is 0.763. The van der Waals surface area contributed by atoms with E-state index >= 15 is 0 Å². The topological polar surface area (TPSA) is 93.2 Å². The summed E-state index contributed by atoms with van der Waals surface area (Å²) in [6.45, 7) is 3.57. The number of aryl methyl sites for hydroxylation is 1. The molecule has 1 aromatic carbocycles. The van der Waals surface area contributed by atoms with Crippen molar-refractivity contribution in [3.63, 3.8) is 0 Å². The maximum absolute atomic E-state index is 12.7. The number of hydrogen-bond donors (Lipinski definition) is 1. The van der Waals surface area contributed by atoms with E-state index in [4.69, 9.17) is 4.98 Å². The fourth-order valence-corrected chi connectivity index (χ4v) is 3.74. The monoisotopic (exact) mass is 402 g/mol. The molecule has 30 heavy (non-hydrogen) atoms. The van der Waals surface area contributed by atoms with Gasteiger partial charge in [-0.1, -0.05) is 25.1 Å². The zero-order valence-electron chi connectivity index (χ0n) is 16.6. The Hall–Kier alpha value is -3.75. The molecule has 0 bridgehead atoms. The Bertz CT molecular complexity index is 1180.